The van der Waals surface area contributed by atoms with Crippen molar-refractivity contribution in [2.24, 2.45) is 0 Å². The third-order valence-electron chi connectivity index (χ3n) is 3.30. The fourth-order valence-corrected chi connectivity index (χ4v) is 3.04. The number of hydrogen-bond donors (Lipinski definition) is 1. The number of anilines is 1. The smallest absolute Gasteiger partial charge is 0.306 e. The van der Waals surface area contributed by atoms with Gasteiger partial charge in [0.15, 0.2) is 6.61 Å². The van der Waals surface area contributed by atoms with Crippen LogP contribution in [0.4, 0.5) is 5.69 Å². The Morgan fingerprint density at radius 2 is 1.84 bits per heavy atom. The Hall–Kier alpha value is -1.98. The third kappa shape index (κ3) is 6.80. The Balaban J connectivity index is 1.94. The van der Waals surface area contributed by atoms with Crippen LogP contribution in [0.1, 0.15) is 26.2 Å². The maximum absolute atomic E-state index is 12.0. The first-order valence-corrected chi connectivity index (χ1v) is 9.26. The summed E-state index contributed by atoms with van der Waals surface area (Å²) in [6.07, 6.45) is 2.02. The van der Waals surface area contributed by atoms with Crippen LogP contribution in [-0.2, 0) is 14.3 Å². The van der Waals surface area contributed by atoms with Gasteiger partial charge in [-0.2, -0.15) is 0 Å². The summed E-state index contributed by atoms with van der Waals surface area (Å²) in [5, 5.41) is 3.47. The number of carbonyl (C=O) groups is 2. The largest absolute Gasteiger partial charge is 0.456 e. The van der Waals surface area contributed by atoms with E-state index in [-0.39, 0.29) is 18.5 Å². The first-order valence-electron chi connectivity index (χ1n) is 8.06. The van der Waals surface area contributed by atoms with Crippen molar-refractivity contribution >= 4 is 40.9 Å². The highest BCUT2D eigenvalue weighted by molar-refractivity contribution is 7.99. The summed E-state index contributed by atoms with van der Waals surface area (Å²) < 4.78 is 4.98. The molecule has 0 spiro atoms. The van der Waals surface area contributed by atoms with E-state index in [9.17, 15) is 9.59 Å². The van der Waals surface area contributed by atoms with E-state index in [1.807, 2.05) is 55.5 Å². The van der Waals surface area contributed by atoms with Crippen LogP contribution in [0.5, 0.6) is 0 Å². The quantitative estimate of drug-likeness (QED) is 0.645. The Labute approximate surface area is 156 Å². The van der Waals surface area contributed by atoms with Crippen molar-refractivity contribution in [1.29, 1.82) is 0 Å². The maximum atomic E-state index is 12.0. The minimum Gasteiger partial charge on any atom is -0.456 e. The number of carbonyl (C=O) groups excluding carboxylic acids is 2. The lowest BCUT2D eigenvalue weighted by Gasteiger charge is -2.11. The lowest BCUT2D eigenvalue weighted by molar-refractivity contribution is -0.147. The molecule has 0 aliphatic rings. The van der Waals surface area contributed by atoms with Crippen LogP contribution in [0, 0.1) is 0 Å². The van der Waals surface area contributed by atoms with E-state index < -0.39 is 0 Å². The van der Waals surface area contributed by atoms with Gasteiger partial charge in [-0.3, -0.25) is 9.59 Å². The van der Waals surface area contributed by atoms with Crippen molar-refractivity contribution in [3.8, 4) is 0 Å². The second-order valence-electron chi connectivity index (χ2n) is 5.36. The number of rotatable bonds is 8. The molecule has 4 nitrogen and oxygen atoms in total. The summed E-state index contributed by atoms with van der Waals surface area (Å²) in [7, 11) is 0. The predicted octanol–water partition coefficient (Wildman–Crippen LogP) is 5.16. The molecule has 0 fully saturated rings. The molecule has 0 radical (unpaired) electrons. The highest BCUT2D eigenvalue weighted by atomic mass is 35.5. The highest BCUT2D eigenvalue weighted by Crippen LogP contribution is 2.33. The van der Waals surface area contributed by atoms with Crippen molar-refractivity contribution in [3.63, 3.8) is 0 Å². The molecule has 0 saturated carbocycles. The average Bonchev–Trinajstić information content (AvgIpc) is 2.61. The van der Waals surface area contributed by atoms with Gasteiger partial charge in [-0.15, -0.1) is 0 Å². The van der Waals surface area contributed by atoms with E-state index in [2.05, 4.69) is 5.32 Å². The van der Waals surface area contributed by atoms with E-state index in [1.165, 1.54) is 11.8 Å². The molecule has 0 unspecified atom stereocenters. The van der Waals surface area contributed by atoms with Gasteiger partial charge in [-0.05, 0) is 42.8 Å². The van der Waals surface area contributed by atoms with Crippen molar-refractivity contribution in [1.82, 2.24) is 0 Å². The van der Waals surface area contributed by atoms with Crippen LogP contribution in [0.15, 0.2) is 58.3 Å². The number of nitrogens with one attached hydrogen (secondary N) is 1. The molecule has 0 saturated heterocycles. The van der Waals surface area contributed by atoms with E-state index >= 15 is 0 Å². The van der Waals surface area contributed by atoms with Crippen molar-refractivity contribution < 1.29 is 14.3 Å². The average molecular weight is 378 g/mol. The topological polar surface area (TPSA) is 55.4 Å². The number of esters is 1. The van der Waals surface area contributed by atoms with Gasteiger partial charge >= 0.3 is 5.97 Å². The molecule has 6 heteroatoms. The van der Waals surface area contributed by atoms with Gasteiger partial charge in [0.1, 0.15) is 0 Å². The van der Waals surface area contributed by atoms with Gasteiger partial charge in [-0.25, -0.2) is 0 Å². The number of benzene rings is 2. The fourth-order valence-electron chi connectivity index (χ4n) is 2.01. The molecule has 1 N–H and O–H groups in total. The number of halogens is 1. The van der Waals surface area contributed by atoms with E-state index in [0.717, 1.165) is 22.6 Å². The van der Waals surface area contributed by atoms with Gasteiger partial charge in [0.25, 0.3) is 5.91 Å². The van der Waals surface area contributed by atoms with Crippen LogP contribution >= 0.6 is 23.4 Å². The molecule has 1 amide bonds. The molecule has 0 aliphatic heterocycles. The minimum absolute atomic E-state index is 0.275. The number of amides is 1. The lowest BCUT2D eigenvalue weighted by Crippen LogP contribution is -2.21. The molecule has 2 rings (SSSR count). The van der Waals surface area contributed by atoms with Gasteiger partial charge < -0.3 is 10.1 Å². The minimum atomic E-state index is -0.353. The van der Waals surface area contributed by atoms with Crippen LogP contribution in [0.2, 0.25) is 5.02 Å². The normalized spacial score (nSPS) is 10.3. The number of ether oxygens (including phenoxy) is 1. The molecule has 132 valence electrons. The standard InChI is InChI=1S/C19H20ClNO3S/c1-2-3-8-19(23)24-13-18(22)21-16-6-4-5-7-17(16)25-15-11-9-14(20)10-12-15/h4-7,9-12H,2-3,8,13H2,1H3,(H,21,22). The SMILES string of the molecule is CCCCC(=O)OCC(=O)Nc1ccccc1Sc1ccc(Cl)cc1. The molecule has 2 aromatic rings. The summed E-state index contributed by atoms with van der Waals surface area (Å²) in [5.74, 6) is -0.699. The summed E-state index contributed by atoms with van der Waals surface area (Å²) in [4.78, 5) is 25.4. The van der Waals surface area contributed by atoms with Crippen LogP contribution < -0.4 is 5.32 Å². The molecule has 0 bridgehead atoms. The summed E-state index contributed by atoms with van der Waals surface area (Å²) >= 11 is 7.42. The Bertz CT molecular complexity index is 719. The predicted molar refractivity (Wildman–Crippen MR) is 101 cm³/mol. The molecular formula is C19H20ClNO3S. The van der Waals surface area contributed by atoms with Crippen LogP contribution in [-0.4, -0.2) is 18.5 Å². The van der Waals surface area contributed by atoms with Gasteiger partial charge in [0.05, 0.1) is 5.69 Å². The van der Waals surface area contributed by atoms with Crippen molar-refractivity contribution in [2.75, 3.05) is 11.9 Å². The van der Waals surface area contributed by atoms with Gasteiger partial charge in [0, 0.05) is 21.2 Å². The Morgan fingerprint density at radius 1 is 1.12 bits per heavy atom. The molecule has 0 aliphatic carbocycles. The Morgan fingerprint density at radius 3 is 2.56 bits per heavy atom. The van der Waals surface area contributed by atoms with Crippen molar-refractivity contribution in [2.45, 2.75) is 36.0 Å². The number of unbranched alkanes of at least 4 members (excludes halogenated alkanes) is 1. The maximum Gasteiger partial charge on any atom is 0.306 e. The lowest BCUT2D eigenvalue weighted by atomic mass is 10.2. The zero-order chi connectivity index (χ0) is 18.1. The highest BCUT2D eigenvalue weighted by Gasteiger charge is 2.10. The molecular weight excluding hydrogens is 358 g/mol. The van der Waals surface area contributed by atoms with E-state index in [4.69, 9.17) is 16.3 Å². The molecule has 2 aromatic carbocycles. The van der Waals surface area contributed by atoms with Gasteiger partial charge in [-0.1, -0.05) is 48.8 Å². The third-order valence-corrected chi connectivity index (χ3v) is 4.64. The van der Waals surface area contributed by atoms with Crippen LogP contribution in [0.3, 0.4) is 0 Å². The zero-order valence-electron chi connectivity index (χ0n) is 14.0. The second-order valence-corrected chi connectivity index (χ2v) is 6.92. The first kappa shape index (κ1) is 19.3. The van der Waals surface area contributed by atoms with Gasteiger partial charge in [0.2, 0.25) is 0 Å². The molecule has 0 atom stereocenters. The zero-order valence-corrected chi connectivity index (χ0v) is 15.5. The number of hydrogen-bond acceptors (Lipinski definition) is 4. The molecule has 0 heterocycles. The summed E-state index contributed by atoms with van der Waals surface area (Å²) in [5.41, 5.74) is 0.678. The first-order chi connectivity index (χ1) is 12.1. The summed E-state index contributed by atoms with van der Waals surface area (Å²) in [6.45, 7) is 1.72. The second kappa shape index (κ2) is 10.1. The molecule has 25 heavy (non-hydrogen) atoms. The van der Waals surface area contributed by atoms with Crippen LogP contribution in [0.25, 0.3) is 0 Å². The van der Waals surface area contributed by atoms with E-state index in [1.54, 1.807) is 0 Å². The monoisotopic (exact) mass is 377 g/mol. The molecule has 0 aromatic heterocycles. The van der Waals surface area contributed by atoms with E-state index in [0.29, 0.717) is 17.1 Å². The Kier molecular flexibility index (Phi) is 7.82. The number of para-hydroxylation sites is 1. The summed E-state index contributed by atoms with van der Waals surface area (Å²) in [6, 6.07) is 15.0. The fraction of sp³-hybridized carbons (Fsp3) is 0.263. The van der Waals surface area contributed by atoms with Crippen molar-refractivity contribution in [3.05, 3.63) is 53.6 Å².